The zero-order valence-corrected chi connectivity index (χ0v) is 12.7. The van der Waals surface area contributed by atoms with Crippen LogP contribution in [-0.2, 0) is 0 Å². The quantitative estimate of drug-likeness (QED) is 0.639. The molecule has 108 valence electrons. The summed E-state index contributed by atoms with van der Waals surface area (Å²) in [6, 6.07) is 5.59. The molecule has 1 aromatic heterocycles. The van der Waals surface area contributed by atoms with Crippen molar-refractivity contribution < 1.29 is 14.3 Å². The number of carbonyl (C=O) groups excluding carboxylic acids is 1. The number of ether oxygens (including phenoxy) is 2. The molecule has 21 heavy (non-hydrogen) atoms. The lowest BCUT2D eigenvalue weighted by Gasteiger charge is -2.18. The largest absolute Gasteiger partial charge is 0.486 e. The molecule has 0 fully saturated rings. The first-order valence-corrected chi connectivity index (χ1v) is 7.43. The van der Waals surface area contributed by atoms with Crippen molar-refractivity contribution in [2.75, 3.05) is 13.2 Å². The molecule has 3 rings (SSSR count). The van der Waals surface area contributed by atoms with Crippen LogP contribution in [0.15, 0.2) is 28.1 Å². The molecule has 0 radical (unpaired) electrons. The van der Waals surface area contributed by atoms with Crippen LogP contribution in [0.5, 0.6) is 11.5 Å². The second kappa shape index (κ2) is 5.91. The Balaban J connectivity index is 1.95. The Morgan fingerprint density at radius 1 is 1.24 bits per heavy atom. The summed E-state index contributed by atoms with van der Waals surface area (Å²) in [4.78, 5) is 20.3. The van der Waals surface area contributed by atoms with Gasteiger partial charge in [-0.1, -0.05) is 23.4 Å². The van der Waals surface area contributed by atoms with E-state index < -0.39 is 0 Å². The first-order chi connectivity index (χ1) is 10.2. The molecule has 0 saturated heterocycles. The zero-order valence-electron chi connectivity index (χ0n) is 11.1. The Hall–Kier alpha value is -1.79. The highest BCUT2D eigenvalue weighted by Crippen LogP contribution is 2.37. The molecule has 0 atom stereocenters. The van der Waals surface area contributed by atoms with Crippen molar-refractivity contribution in [2.24, 2.45) is 0 Å². The van der Waals surface area contributed by atoms with Crippen molar-refractivity contribution in [3.63, 3.8) is 0 Å². The number of benzene rings is 1. The third-order valence-electron chi connectivity index (χ3n) is 2.82. The van der Waals surface area contributed by atoms with Crippen molar-refractivity contribution in [3.8, 4) is 11.5 Å². The summed E-state index contributed by atoms with van der Waals surface area (Å²) in [6.07, 6.45) is 0.669. The Bertz CT molecular complexity index is 709. The maximum atomic E-state index is 11.2. The lowest BCUT2D eigenvalue weighted by Crippen LogP contribution is -2.15. The van der Waals surface area contributed by atoms with Gasteiger partial charge in [-0.15, -0.1) is 0 Å². The average Bonchev–Trinajstić information content (AvgIpc) is 2.47. The van der Waals surface area contributed by atoms with Gasteiger partial charge in [0.05, 0.1) is 5.56 Å². The molecular weight excluding hydrogens is 312 g/mol. The highest BCUT2D eigenvalue weighted by molar-refractivity contribution is 7.99. The fourth-order valence-corrected chi connectivity index (χ4v) is 3.17. The van der Waals surface area contributed by atoms with Crippen LogP contribution < -0.4 is 9.47 Å². The number of halogens is 1. The van der Waals surface area contributed by atoms with E-state index in [0.29, 0.717) is 41.7 Å². The highest BCUT2D eigenvalue weighted by atomic mass is 35.5. The third kappa shape index (κ3) is 2.96. The maximum absolute atomic E-state index is 11.2. The lowest BCUT2D eigenvalue weighted by molar-refractivity contribution is 0.112. The summed E-state index contributed by atoms with van der Waals surface area (Å²) in [5, 5.41) is 0.691. The van der Waals surface area contributed by atoms with Crippen molar-refractivity contribution >= 4 is 29.6 Å². The molecular formula is C14H11ClN2O3S. The minimum atomic E-state index is 0.164. The summed E-state index contributed by atoms with van der Waals surface area (Å²) < 4.78 is 11.0. The molecule has 5 nitrogen and oxygen atoms in total. The van der Waals surface area contributed by atoms with Gasteiger partial charge < -0.3 is 9.47 Å². The Kier molecular flexibility index (Phi) is 3.98. The summed E-state index contributed by atoms with van der Waals surface area (Å²) >= 11 is 7.31. The number of carbonyl (C=O) groups is 1. The van der Waals surface area contributed by atoms with E-state index in [1.807, 2.05) is 18.2 Å². The van der Waals surface area contributed by atoms with E-state index in [0.717, 1.165) is 10.6 Å². The smallest absolute Gasteiger partial charge is 0.162 e. The molecule has 1 aliphatic heterocycles. The standard InChI is InChI=1S/C14H11ClN2O3S/c1-8-16-13(15)10(7-18)14(17-8)21-9-2-3-11-12(6-9)20-5-4-19-11/h2-3,6-7H,4-5H2,1H3. The van der Waals surface area contributed by atoms with Gasteiger partial charge in [-0.3, -0.25) is 4.79 Å². The Morgan fingerprint density at radius 2 is 2.00 bits per heavy atom. The van der Waals surface area contributed by atoms with Gasteiger partial charge in [0.15, 0.2) is 17.8 Å². The van der Waals surface area contributed by atoms with E-state index >= 15 is 0 Å². The van der Waals surface area contributed by atoms with Crippen LogP contribution in [0.4, 0.5) is 0 Å². The third-order valence-corrected chi connectivity index (χ3v) is 4.10. The molecule has 7 heteroatoms. The van der Waals surface area contributed by atoms with Gasteiger partial charge in [-0.05, 0) is 25.1 Å². The molecule has 0 bridgehead atoms. The monoisotopic (exact) mass is 322 g/mol. The normalized spacial score (nSPS) is 13.0. The maximum Gasteiger partial charge on any atom is 0.162 e. The Morgan fingerprint density at radius 3 is 2.76 bits per heavy atom. The molecule has 2 heterocycles. The second-order valence-corrected chi connectivity index (χ2v) is 5.73. The average molecular weight is 323 g/mol. The van der Waals surface area contributed by atoms with Gasteiger partial charge in [0.25, 0.3) is 0 Å². The minimum Gasteiger partial charge on any atom is -0.486 e. The summed E-state index contributed by atoms with van der Waals surface area (Å²) in [6.45, 7) is 2.81. The van der Waals surface area contributed by atoms with Gasteiger partial charge >= 0.3 is 0 Å². The fourth-order valence-electron chi connectivity index (χ4n) is 1.90. The van der Waals surface area contributed by atoms with Crippen LogP contribution in [-0.4, -0.2) is 29.5 Å². The molecule has 0 N–H and O–H groups in total. The molecule has 0 spiro atoms. The van der Waals surface area contributed by atoms with Crippen LogP contribution in [0, 0.1) is 6.92 Å². The molecule has 1 aromatic carbocycles. The van der Waals surface area contributed by atoms with Gasteiger partial charge in [0, 0.05) is 4.90 Å². The van der Waals surface area contributed by atoms with Crippen LogP contribution in [0.1, 0.15) is 16.2 Å². The molecule has 0 amide bonds. The van der Waals surface area contributed by atoms with Crippen molar-refractivity contribution in [1.29, 1.82) is 0 Å². The first kappa shape index (κ1) is 14.2. The number of aryl methyl sites for hydroxylation is 1. The molecule has 2 aromatic rings. The summed E-state index contributed by atoms with van der Waals surface area (Å²) in [5.74, 6) is 1.93. The van der Waals surface area contributed by atoms with Crippen molar-refractivity contribution in [3.05, 3.63) is 34.7 Å². The topological polar surface area (TPSA) is 61.3 Å². The Labute approximate surface area is 130 Å². The number of aromatic nitrogens is 2. The predicted octanol–water partition coefficient (Wildman–Crippen LogP) is 3.17. The molecule has 0 aliphatic carbocycles. The van der Waals surface area contributed by atoms with E-state index in [2.05, 4.69) is 9.97 Å². The van der Waals surface area contributed by atoms with Gasteiger partial charge in [-0.25, -0.2) is 9.97 Å². The highest BCUT2D eigenvalue weighted by Gasteiger charge is 2.15. The summed E-state index contributed by atoms with van der Waals surface area (Å²) in [7, 11) is 0. The van der Waals surface area contributed by atoms with Crippen molar-refractivity contribution in [1.82, 2.24) is 9.97 Å². The fraction of sp³-hybridized carbons (Fsp3) is 0.214. The second-order valence-electron chi connectivity index (χ2n) is 4.31. The number of nitrogens with zero attached hydrogens (tertiary/aromatic N) is 2. The number of aldehydes is 1. The van der Waals surface area contributed by atoms with Gasteiger partial charge in [0.2, 0.25) is 0 Å². The van der Waals surface area contributed by atoms with Crippen molar-refractivity contribution in [2.45, 2.75) is 16.8 Å². The van der Waals surface area contributed by atoms with E-state index in [1.54, 1.807) is 6.92 Å². The molecule has 0 unspecified atom stereocenters. The van der Waals surface area contributed by atoms with E-state index in [4.69, 9.17) is 21.1 Å². The zero-order chi connectivity index (χ0) is 14.8. The van der Waals surface area contributed by atoms with Crippen LogP contribution in [0.25, 0.3) is 0 Å². The van der Waals surface area contributed by atoms with E-state index in [1.165, 1.54) is 11.8 Å². The first-order valence-electron chi connectivity index (χ1n) is 6.24. The van der Waals surface area contributed by atoms with E-state index in [-0.39, 0.29) is 5.15 Å². The predicted molar refractivity (Wildman–Crippen MR) is 78.7 cm³/mol. The van der Waals surface area contributed by atoms with Crippen LogP contribution in [0.2, 0.25) is 5.15 Å². The number of hydrogen-bond acceptors (Lipinski definition) is 6. The number of fused-ring (bicyclic) bond motifs is 1. The SMILES string of the molecule is Cc1nc(Cl)c(C=O)c(Sc2ccc3c(c2)OCCO3)n1. The minimum absolute atomic E-state index is 0.164. The van der Waals surface area contributed by atoms with Gasteiger partial charge in [0.1, 0.15) is 29.2 Å². The van der Waals surface area contributed by atoms with Crippen LogP contribution in [0.3, 0.4) is 0 Å². The van der Waals surface area contributed by atoms with Crippen LogP contribution >= 0.6 is 23.4 Å². The lowest BCUT2D eigenvalue weighted by atomic mass is 10.3. The van der Waals surface area contributed by atoms with Gasteiger partial charge in [-0.2, -0.15) is 0 Å². The number of rotatable bonds is 3. The number of hydrogen-bond donors (Lipinski definition) is 0. The molecule has 1 aliphatic rings. The molecule has 0 saturated carbocycles. The summed E-state index contributed by atoms with van der Waals surface area (Å²) in [5.41, 5.74) is 0.294. The van der Waals surface area contributed by atoms with E-state index in [9.17, 15) is 4.79 Å².